The Morgan fingerprint density at radius 3 is 2.47 bits per heavy atom. The summed E-state index contributed by atoms with van der Waals surface area (Å²) in [6, 6.07) is 4.19. The Hall–Kier alpha value is -1.13. The third kappa shape index (κ3) is 3.98. The lowest BCUT2D eigenvalue weighted by molar-refractivity contribution is 0.211. The summed E-state index contributed by atoms with van der Waals surface area (Å²) < 4.78 is 43.9. The van der Waals surface area contributed by atoms with Crippen LogP contribution in [-0.2, 0) is 0 Å². The fraction of sp³-hybridized carbons (Fsp3) is 0.500. The molecule has 0 aromatic heterocycles. The highest BCUT2D eigenvalue weighted by atomic mass is 19.4. The smallest absolute Gasteiger partial charge is 0.494 e. The second kappa shape index (κ2) is 5.47. The highest BCUT2D eigenvalue weighted by Gasteiger charge is 2.29. The second-order valence-corrected chi connectivity index (χ2v) is 4.33. The van der Waals surface area contributed by atoms with Gasteiger partial charge in [-0.05, 0) is 26.3 Å². The second-order valence-electron chi connectivity index (χ2n) is 4.33. The highest BCUT2D eigenvalue weighted by Crippen LogP contribution is 2.20. The summed E-state index contributed by atoms with van der Waals surface area (Å²) in [5.41, 5.74) is -0.0392. The van der Waals surface area contributed by atoms with Gasteiger partial charge in [-0.15, -0.1) is 0 Å². The Morgan fingerprint density at radius 1 is 1.29 bits per heavy atom. The van der Waals surface area contributed by atoms with E-state index < -0.39 is 12.4 Å². The summed E-state index contributed by atoms with van der Waals surface area (Å²) >= 11 is 0. The first-order valence-corrected chi connectivity index (χ1v) is 5.81. The molecule has 0 saturated carbocycles. The topological polar surface area (TPSA) is 9.23 Å². The average Bonchev–Trinajstić information content (AvgIpc) is 2.19. The van der Waals surface area contributed by atoms with Crippen molar-refractivity contribution in [3.8, 4) is 5.75 Å². The number of hydrogen-bond donors (Lipinski definition) is 0. The summed E-state index contributed by atoms with van der Waals surface area (Å²) in [5.74, 6) is -0.0518. The minimum Gasteiger partial charge on any atom is -0.494 e. The van der Waals surface area contributed by atoms with Gasteiger partial charge in [-0.2, -0.15) is 0 Å². The van der Waals surface area contributed by atoms with Gasteiger partial charge in [0, 0.05) is 0 Å². The lowest BCUT2D eigenvalue weighted by Crippen LogP contribution is -2.36. The van der Waals surface area contributed by atoms with Gasteiger partial charge in [0.15, 0.2) is 0 Å². The predicted molar refractivity (Wildman–Crippen MR) is 64.9 cm³/mol. The largest absolute Gasteiger partial charge is 0.513 e. The van der Waals surface area contributed by atoms with E-state index >= 15 is 0 Å². The van der Waals surface area contributed by atoms with Gasteiger partial charge in [-0.25, -0.2) is 0 Å². The van der Waals surface area contributed by atoms with Crippen LogP contribution in [-0.4, -0.2) is 13.1 Å². The number of ether oxygens (including phenoxy) is 1. The van der Waals surface area contributed by atoms with Crippen molar-refractivity contribution in [3.05, 3.63) is 23.8 Å². The first kappa shape index (κ1) is 13.9. The van der Waals surface area contributed by atoms with Crippen molar-refractivity contribution >= 4 is 12.4 Å². The minimum atomic E-state index is -5.02. The fourth-order valence-corrected chi connectivity index (χ4v) is 1.71. The maximum atomic E-state index is 12.8. The van der Waals surface area contributed by atoms with Crippen LogP contribution in [0.3, 0.4) is 0 Å². The van der Waals surface area contributed by atoms with Crippen molar-refractivity contribution in [1.82, 2.24) is 0 Å². The van der Waals surface area contributed by atoms with Gasteiger partial charge < -0.3 is 17.7 Å². The van der Waals surface area contributed by atoms with Crippen molar-refractivity contribution in [3.63, 3.8) is 0 Å². The maximum Gasteiger partial charge on any atom is 0.513 e. The molecule has 96 valence electrons. The average molecular weight is 245 g/mol. The van der Waals surface area contributed by atoms with Crippen LogP contribution < -0.4 is 10.2 Å². The molecule has 0 aliphatic heterocycles. The molecule has 1 nitrogen and oxygen atoms in total. The Morgan fingerprint density at radius 2 is 1.94 bits per heavy atom. The molecule has 0 fully saturated rings. The van der Waals surface area contributed by atoms with Crippen LogP contribution in [0.15, 0.2) is 18.2 Å². The molecule has 5 heteroatoms. The maximum absolute atomic E-state index is 12.8. The van der Waals surface area contributed by atoms with Gasteiger partial charge in [-0.1, -0.05) is 36.5 Å². The van der Waals surface area contributed by atoms with E-state index in [0.717, 1.165) is 18.9 Å². The van der Waals surface area contributed by atoms with E-state index in [-0.39, 0.29) is 11.9 Å². The monoisotopic (exact) mass is 245 g/mol. The summed E-state index contributed by atoms with van der Waals surface area (Å²) in [6.45, 7) is 0.384. The lowest BCUT2D eigenvalue weighted by atomic mass is 9.78. The van der Waals surface area contributed by atoms with Crippen LogP contribution in [0.25, 0.3) is 0 Å². The first-order valence-electron chi connectivity index (χ1n) is 5.81. The zero-order chi connectivity index (χ0) is 13.1. The molecule has 1 aromatic rings. The molecule has 0 saturated heterocycles. The number of aryl methyl sites for hydroxylation is 1. The molecule has 1 aromatic carbocycles. The summed E-state index contributed by atoms with van der Waals surface area (Å²) in [6.07, 6.45) is 1.44. The van der Waals surface area contributed by atoms with E-state index in [1.54, 1.807) is 19.9 Å². The molecule has 0 aliphatic rings. The zero-order valence-corrected chi connectivity index (χ0v) is 10.3. The number of benzene rings is 1. The van der Waals surface area contributed by atoms with Gasteiger partial charge in [-0.3, -0.25) is 0 Å². The predicted octanol–water partition coefficient (Wildman–Crippen LogP) is 3.62. The Kier molecular flexibility index (Phi) is 4.49. The number of hydrogen-bond acceptors (Lipinski definition) is 1. The van der Waals surface area contributed by atoms with Crippen LogP contribution in [0, 0.1) is 6.92 Å². The third-order valence-electron chi connectivity index (χ3n) is 2.54. The van der Waals surface area contributed by atoms with Crippen LogP contribution in [0.5, 0.6) is 5.75 Å². The third-order valence-corrected chi connectivity index (χ3v) is 2.54. The van der Waals surface area contributed by atoms with Gasteiger partial charge in [0.2, 0.25) is 0 Å². The van der Waals surface area contributed by atoms with E-state index in [1.165, 1.54) is 6.07 Å². The van der Waals surface area contributed by atoms with Crippen LogP contribution in [0.4, 0.5) is 12.9 Å². The van der Waals surface area contributed by atoms with Gasteiger partial charge in [0.25, 0.3) is 0 Å². The SMILES string of the molecule is CCCC(C)Oc1ccc(C)cc1[B-](F)(F)F. The zero-order valence-electron chi connectivity index (χ0n) is 10.3. The quantitative estimate of drug-likeness (QED) is 0.720. The molecule has 0 radical (unpaired) electrons. The molecule has 17 heavy (non-hydrogen) atoms. The Labute approximate surface area is 100 Å². The lowest BCUT2D eigenvalue weighted by Gasteiger charge is -2.23. The fourth-order valence-electron chi connectivity index (χ4n) is 1.71. The molecule has 1 rings (SSSR count). The molecule has 0 bridgehead atoms. The molecule has 0 aliphatic carbocycles. The molecule has 0 heterocycles. The van der Waals surface area contributed by atoms with Crippen molar-refractivity contribution in [1.29, 1.82) is 0 Å². The normalized spacial score (nSPS) is 13.5. The molecule has 1 unspecified atom stereocenters. The number of rotatable bonds is 5. The molecule has 0 amide bonds. The standard InChI is InChI=1S/C12H17BF3O/c1-4-5-10(3)17-12-7-6-9(2)8-11(12)13(14,15)16/h6-8,10H,4-5H2,1-3H3/q-1. The van der Waals surface area contributed by atoms with Gasteiger partial charge >= 0.3 is 6.98 Å². The van der Waals surface area contributed by atoms with Gasteiger partial charge in [0.05, 0.1) is 11.9 Å². The van der Waals surface area contributed by atoms with Crippen LogP contribution >= 0.6 is 0 Å². The van der Waals surface area contributed by atoms with Crippen molar-refractivity contribution in [2.75, 3.05) is 0 Å². The molecule has 1 atom stereocenters. The Bertz CT molecular complexity index is 377. The summed E-state index contributed by atoms with van der Waals surface area (Å²) in [7, 11) is 0. The summed E-state index contributed by atoms with van der Waals surface area (Å²) in [4.78, 5) is 0. The van der Waals surface area contributed by atoms with E-state index in [2.05, 4.69) is 0 Å². The summed E-state index contributed by atoms with van der Waals surface area (Å²) in [5, 5.41) is 0. The van der Waals surface area contributed by atoms with Crippen LogP contribution in [0.1, 0.15) is 32.3 Å². The molecular formula is C12H17BF3O-. The minimum absolute atomic E-state index is 0.0518. The van der Waals surface area contributed by atoms with E-state index in [0.29, 0.717) is 5.56 Å². The van der Waals surface area contributed by atoms with E-state index in [9.17, 15) is 12.9 Å². The number of halogens is 3. The van der Waals surface area contributed by atoms with Gasteiger partial charge in [0.1, 0.15) is 0 Å². The Balaban J connectivity index is 2.99. The van der Waals surface area contributed by atoms with E-state index in [4.69, 9.17) is 4.74 Å². The molecule has 0 N–H and O–H groups in total. The molecule has 0 spiro atoms. The first-order chi connectivity index (χ1) is 7.84. The van der Waals surface area contributed by atoms with E-state index in [1.807, 2.05) is 6.92 Å². The highest BCUT2D eigenvalue weighted by molar-refractivity contribution is 6.74. The van der Waals surface area contributed by atoms with Crippen molar-refractivity contribution in [2.45, 2.75) is 39.7 Å². The molecular weight excluding hydrogens is 228 g/mol. The van der Waals surface area contributed by atoms with Crippen molar-refractivity contribution < 1.29 is 17.7 Å². The van der Waals surface area contributed by atoms with Crippen molar-refractivity contribution in [2.24, 2.45) is 0 Å². The van der Waals surface area contributed by atoms with Crippen LogP contribution in [0.2, 0.25) is 0 Å².